The number of aromatic nitrogens is 3. The molecule has 0 atom stereocenters. The number of aryl methyl sites for hydroxylation is 1. The molecule has 1 amide bonds. The van der Waals surface area contributed by atoms with E-state index in [1.807, 2.05) is 0 Å². The molecule has 1 aromatic carbocycles. The summed E-state index contributed by atoms with van der Waals surface area (Å²) in [4.78, 5) is 14.6. The number of anilines is 1. The van der Waals surface area contributed by atoms with Crippen molar-refractivity contribution in [1.82, 2.24) is 20.1 Å². The first kappa shape index (κ1) is 17.7. The summed E-state index contributed by atoms with van der Waals surface area (Å²) in [6.45, 7) is 5.08. The molecule has 0 unspecified atom stereocenters. The Bertz CT molecular complexity index is 759. The molecule has 1 fully saturated rings. The van der Waals surface area contributed by atoms with Crippen LogP contribution in [0.3, 0.4) is 0 Å². The average Bonchev–Trinajstić information content (AvgIpc) is 3.26. The molecule has 1 aromatic heterocycles. The van der Waals surface area contributed by atoms with Crippen LogP contribution < -0.4 is 10.2 Å². The van der Waals surface area contributed by atoms with E-state index < -0.39 is 0 Å². The summed E-state index contributed by atoms with van der Waals surface area (Å²) < 4.78 is 2.26. The molecule has 2 heterocycles. The van der Waals surface area contributed by atoms with E-state index in [0.29, 0.717) is 11.3 Å². The number of hydrogen-bond donors (Lipinski definition) is 2. The highest BCUT2D eigenvalue weighted by Crippen LogP contribution is 2.20. The minimum atomic E-state index is -0.0570. The van der Waals surface area contributed by atoms with Gasteiger partial charge in [0.2, 0.25) is 5.91 Å². The molecule has 6 nitrogen and oxygen atoms in total. The third-order valence-corrected chi connectivity index (χ3v) is 4.82. The van der Waals surface area contributed by atoms with Crippen LogP contribution in [0.15, 0.2) is 24.3 Å². The van der Waals surface area contributed by atoms with E-state index in [9.17, 15) is 4.79 Å². The second-order valence-corrected chi connectivity index (χ2v) is 6.81. The highest BCUT2D eigenvalue weighted by molar-refractivity contribution is 7.71. The monoisotopic (exact) mass is 359 g/mol. The van der Waals surface area contributed by atoms with Crippen LogP contribution in [-0.2, 0) is 24.3 Å². The maximum absolute atomic E-state index is 12.2. The lowest BCUT2D eigenvalue weighted by Gasteiger charge is -2.17. The molecule has 0 radical (unpaired) electrons. The van der Waals surface area contributed by atoms with Crippen LogP contribution in [0.5, 0.6) is 0 Å². The van der Waals surface area contributed by atoms with Gasteiger partial charge in [-0.15, -0.1) is 0 Å². The van der Waals surface area contributed by atoms with Crippen molar-refractivity contribution < 1.29 is 4.79 Å². The second-order valence-electron chi connectivity index (χ2n) is 6.42. The van der Waals surface area contributed by atoms with Crippen LogP contribution in [0.2, 0.25) is 0 Å². The number of carbonyl (C=O) groups is 1. The summed E-state index contributed by atoms with van der Waals surface area (Å²) in [5.74, 6) is 0.774. The van der Waals surface area contributed by atoms with Gasteiger partial charge in [0, 0.05) is 31.7 Å². The lowest BCUT2D eigenvalue weighted by Crippen LogP contribution is -2.28. The van der Waals surface area contributed by atoms with E-state index in [1.54, 1.807) is 4.57 Å². The number of nitrogens with one attached hydrogen (secondary N) is 2. The Morgan fingerprint density at radius 2 is 2.00 bits per heavy atom. The Hall–Kier alpha value is -2.15. The first-order valence-electron chi connectivity index (χ1n) is 8.92. The van der Waals surface area contributed by atoms with E-state index in [1.165, 1.54) is 18.5 Å². The molecule has 2 aromatic rings. The van der Waals surface area contributed by atoms with Crippen molar-refractivity contribution in [1.29, 1.82) is 0 Å². The van der Waals surface area contributed by atoms with E-state index in [-0.39, 0.29) is 12.5 Å². The van der Waals surface area contributed by atoms with Gasteiger partial charge in [-0.2, -0.15) is 5.10 Å². The molecule has 7 heteroatoms. The Morgan fingerprint density at radius 3 is 2.68 bits per heavy atom. The second kappa shape index (κ2) is 8.29. The number of rotatable bonds is 7. The van der Waals surface area contributed by atoms with Crippen LogP contribution in [0.1, 0.15) is 37.6 Å². The summed E-state index contributed by atoms with van der Waals surface area (Å²) in [5.41, 5.74) is 2.36. The van der Waals surface area contributed by atoms with Crippen LogP contribution in [0.25, 0.3) is 0 Å². The fourth-order valence-corrected chi connectivity index (χ4v) is 3.34. The van der Waals surface area contributed by atoms with Crippen molar-refractivity contribution in [3.63, 3.8) is 0 Å². The van der Waals surface area contributed by atoms with Gasteiger partial charge in [-0.1, -0.05) is 19.1 Å². The number of carbonyl (C=O) groups excluding carboxylic acids is 1. The molecule has 2 N–H and O–H groups in total. The van der Waals surface area contributed by atoms with Gasteiger partial charge in [0.25, 0.3) is 0 Å². The van der Waals surface area contributed by atoms with Gasteiger partial charge in [0.05, 0.1) is 0 Å². The Labute approximate surface area is 153 Å². The Balaban J connectivity index is 1.54. The average molecular weight is 359 g/mol. The van der Waals surface area contributed by atoms with Gasteiger partial charge >= 0.3 is 0 Å². The van der Waals surface area contributed by atoms with Gasteiger partial charge in [-0.3, -0.25) is 14.5 Å². The van der Waals surface area contributed by atoms with Gasteiger partial charge in [0.15, 0.2) is 4.77 Å². The van der Waals surface area contributed by atoms with Crippen molar-refractivity contribution in [3.05, 3.63) is 40.4 Å². The van der Waals surface area contributed by atoms with Gasteiger partial charge in [-0.25, -0.2) is 0 Å². The first-order chi connectivity index (χ1) is 12.2. The third-order valence-electron chi connectivity index (χ3n) is 4.51. The topological polar surface area (TPSA) is 66.0 Å². The Kier molecular flexibility index (Phi) is 5.86. The van der Waals surface area contributed by atoms with Crippen LogP contribution >= 0.6 is 12.2 Å². The third kappa shape index (κ3) is 4.48. The molecule has 3 rings (SSSR count). The fourth-order valence-electron chi connectivity index (χ4n) is 3.13. The summed E-state index contributed by atoms with van der Waals surface area (Å²) in [6, 6.07) is 8.44. The van der Waals surface area contributed by atoms with E-state index in [4.69, 9.17) is 12.2 Å². The lowest BCUT2D eigenvalue weighted by atomic mass is 10.2. The van der Waals surface area contributed by atoms with Crippen LogP contribution in [-0.4, -0.2) is 33.8 Å². The number of nitrogens with zero attached hydrogens (tertiary/aromatic N) is 3. The molecule has 1 aliphatic heterocycles. The molecule has 0 spiro atoms. The number of hydrogen-bond acceptors (Lipinski definition) is 4. The standard InChI is InChI=1S/C18H25N5OS/c1-2-5-16-20-21-18(25)23(16)13-17(24)19-12-14-6-8-15(9-7-14)22-10-3-4-11-22/h6-9H,2-5,10-13H2,1H3,(H,19,24)(H,21,25). The van der Waals surface area contributed by atoms with Gasteiger partial charge in [-0.05, 0) is 49.2 Å². The lowest BCUT2D eigenvalue weighted by molar-refractivity contribution is -0.121. The van der Waals surface area contributed by atoms with E-state index >= 15 is 0 Å². The minimum absolute atomic E-state index is 0.0570. The Morgan fingerprint density at radius 1 is 1.28 bits per heavy atom. The van der Waals surface area contributed by atoms with Gasteiger partial charge < -0.3 is 10.2 Å². The maximum Gasteiger partial charge on any atom is 0.240 e. The molecular weight excluding hydrogens is 334 g/mol. The highest BCUT2D eigenvalue weighted by atomic mass is 32.1. The summed E-state index contributed by atoms with van der Waals surface area (Å²) in [5, 5.41) is 9.91. The van der Waals surface area contributed by atoms with Crippen molar-refractivity contribution >= 4 is 23.8 Å². The van der Waals surface area contributed by atoms with E-state index in [2.05, 4.69) is 51.6 Å². The molecule has 1 saturated heterocycles. The van der Waals surface area contributed by atoms with Crippen molar-refractivity contribution in [2.75, 3.05) is 18.0 Å². The van der Waals surface area contributed by atoms with Crippen LogP contribution in [0, 0.1) is 4.77 Å². The smallest absolute Gasteiger partial charge is 0.240 e. The predicted octanol–water partition coefficient (Wildman–Crippen LogP) is 2.81. The van der Waals surface area contributed by atoms with Crippen molar-refractivity contribution in [3.8, 4) is 0 Å². The molecule has 0 bridgehead atoms. The summed E-state index contributed by atoms with van der Waals surface area (Å²) in [7, 11) is 0. The molecule has 1 aliphatic rings. The maximum atomic E-state index is 12.2. The first-order valence-corrected chi connectivity index (χ1v) is 9.33. The fraction of sp³-hybridized carbons (Fsp3) is 0.500. The predicted molar refractivity (Wildman–Crippen MR) is 101 cm³/mol. The minimum Gasteiger partial charge on any atom is -0.372 e. The van der Waals surface area contributed by atoms with Crippen molar-refractivity contribution in [2.45, 2.75) is 45.7 Å². The van der Waals surface area contributed by atoms with E-state index in [0.717, 1.165) is 37.3 Å². The number of amides is 1. The zero-order chi connectivity index (χ0) is 17.6. The quantitative estimate of drug-likeness (QED) is 0.746. The molecule has 0 aliphatic carbocycles. The summed E-state index contributed by atoms with van der Waals surface area (Å²) >= 11 is 5.21. The molecular formula is C18H25N5OS. The summed E-state index contributed by atoms with van der Waals surface area (Å²) in [6.07, 6.45) is 4.31. The largest absolute Gasteiger partial charge is 0.372 e. The molecule has 134 valence electrons. The normalized spacial score (nSPS) is 14.0. The highest BCUT2D eigenvalue weighted by Gasteiger charge is 2.12. The number of H-pyrrole nitrogens is 1. The number of aromatic amines is 1. The SMILES string of the molecule is CCCc1n[nH]c(=S)n1CC(=O)NCc1ccc(N2CCCC2)cc1. The number of benzene rings is 1. The van der Waals surface area contributed by atoms with Crippen molar-refractivity contribution in [2.24, 2.45) is 0 Å². The molecule has 0 saturated carbocycles. The zero-order valence-electron chi connectivity index (χ0n) is 14.6. The zero-order valence-corrected chi connectivity index (χ0v) is 15.4. The van der Waals surface area contributed by atoms with Gasteiger partial charge in [0.1, 0.15) is 12.4 Å². The van der Waals surface area contributed by atoms with Crippen LogP contribution in [0.4, 0.5) is 5.69 Å². The molecule has 25 heavy (non-hydrogen) atoms.